The molecule has 1 unspecified atom stereocenters. The molecule has 0 bridgehead atoms. The van der Waals surface area contributed by atoms with E-state index < -0.39 is 0 Å². The van der Waals surface area contributed by atoms with E-state index in [4.69, 9.17) is 5.73 Å². The molecule has 0 amide bonds. The van der Waals surface area contributed by atoms with Gasteiger partial charge in [-0.1, -0.05) is 13.0 Å². The van der Waals surface area contributed by atoms with Crippen LogP contribution in [0.2, 0.25) is 0 Å². The lowest BCUT2D eigenvalue weighted by Crippen LogP contribution is -2.48. The fourth-order valence-corrected chi connectivity index (χ4v) is 0.818. The molecule has 2 nitrogen and oxygen atoms in total. The highest BCUT2D eigenvalue weighted by molar-refractivity contribution is 4.83. The first-order valence-corrected chi connectivity index (χ1v) is 4.24. The highest BCUT2D eigenvalue weighted by atomic mass is 15.0. The summed E-state index contributed by atoms with van der Waals surface area (Å²) in [5.41, 5.74) is 5.73. The summed E-state index contributed by atoms with van der Waals surface area (Å²) in [7, 11) is 0. The number of hydrogen-bond acceptors (Lipinski definition) is 2. The van der Waals surface area contributed by atoms with Crippen LogP contribution in [0.3, 0.4) is 0 Å². The minimum atomic E-state index is 0.114. The predicted octanol–water partition coefficient (Wildman–Crippen LogP) is 1.28. The van der Waals surface area contributed by atoms with Crippen LogP contribution in [0, 0.1) is 0 Å². The Labute approximate surface area is 69.9 Å². The van der Waals surface area contributed by atoms with E-state index in [1.807, 2.05) is 6.08 Å². The van der Waals surface area contributed by atoms with Crippen LogP contribution in [0.25, 0.3) is 0 Å². The van der Waals surface area contributed by atoms with Gasteiger partial charge >= 0.3 is 0 Å². The molecule has 0 aromatic carbocycles. The molecule has 0 aliphatic rings. The number of nitrogens with two attached hydrogens (primary N) is 1. The first-order valence-electron chi connectivity index (χ1n) is 4.24. The monoisotopic (exact) mass is 156 g/mol. The van der Waals surface area contributed by atoms with Crippen LogP contribution < -0.4 is 11.1 Å². The van der Waals surface area contributed by atoms with Crippen molar-refractivity contribution in [2.75, 3.05) is 13.1 Å². The lowest BCUT2D eigenvalue weighted by Gasteiger charge is -2.27. The maximum absolute atomic E-state index is 5.61. The first-order chi connectivity index (χ1) is 5.18. The van der Waals surface area contributed by atoms with Crippen molar-refractivity contribution in [3.63, 3.8) is 0 Å². The highest BCUT2D eigenvalue weighted by Gasteiger charge is 2.17. The average Bonchev–Trinajstić information content (AvgIpc) is 2.05. The topological polar surface area (TPSA) is 38.0 Å². The van der Waals surface area contributed by atoms with Crippen molar-refractivity contribution in [3.8, 4) is 0 Å². The first kappa shape index (κ1) is 10.7. The molecule has 1 atom stereocenters. The summed E-state index contributed by atoms with van der Waals surface area (Å²) in [6.07, 6.45) is 4.00. The van der Waals surface area contributed by atoms with Crippen LogP contribution in [0.4, 0.5) is 0 Å². The molecule has 66 valence electrons. The molecule has 0 rings (SSSR count). The number of hydrogen-bond donors (Lipinski definition) is 2. The molecule has 0 aromatic heterocycles. The smallest absolute Gasteiger partial charge is 0.0273 e. The van der Waals surface area contributed by atoms with Crippen LogP contribution in [0.15, 0.2) is 12.7 Å². The van der Waals surface area contributed by atoms with Crippen LogP contribution in [-0.2, 0) is 0 Å². The minimum absolute atomic E-state index is 0.114. The molecule has 2 heteroatoms. The summed E-state index contributed by atoms with van der Waals surface area (Å²) >= 11 is 0. The third-order valence-corrected chi connectivity index (χ3v) is 2.13. The van der Waals surface area contributed by atoms with Crippen molar-refractivity contribution >= 4 is 0 Å². The van der Waals surface area contributed by atoms with Gasteiger partial charge in [-0.05, 0) is 26.3 Å². The van der Waals surface area contributed by atoms with E-state index in [0.717, 1.165) is 19.4 Å². The summed E-state index contributed by atoms with van der Waals surface area (Å²) in [5, 5.41) is 3.40. The van der Waals surface area contributed by atoms with Gasteiger partial charge < -0.3 is 11.1 Å². The second kappa shape index (κ2) is 5.33. The van der Waals surface area contributed by atoms with Crippen LogP contribution in [-0.4, -0.2) is 18.6 Å². The average molecular weight is 156 g/mol. The Kier molecular flexibility index (Phi) is 5.16. The summed E-state index contributed by atoms with van der Waals surface area (Å²) in [6, 6.07) is 0. The van der Waals surface area contributed by atoms with Crippen molar-refractivity contribution in [1.29, 1.82) is 0 Å². The van der Waals surface area contributed by atoms with Gasteiger partial charge in [-0.15, -0.1) is 6.58 Å². The lowest BCUT2D eigenvalue weighted by molar-refractivity contribution is 0.356. The Bertz CT molecular complexity index is 106. The molecule has 0 heterocycles. The quantitative estimate of drug-likeness (QED) is 0.449. The van der Waals surface area contributed by atoms with Crippen LogP contribution >= 0.6 is 0 Å². The Hall–Kier alpha value is -0.340. The van der Waals surface area contributed by atoms with Crippen molar-refractivity contribution < 1.29 is 0 Å². The molecule has 0 saturated carbocycles. The van der Waals surface area contributed by atoms with Crippen molar-refractivity contribution in [2.45, 2.75) is 32.2 Å². The Morgan fingerprint density at radius 3 is 2.64 bits per heavy atom. The lowest BCUT2D eigenvalue weighted by atomic mass is 9.99. The van der Waals surface area contributed by atoms with E-state index in [-0.39, 0.29) is 5.54 Å². The molecule has 0 aliphatic carbocycles. The van der Waals surface area contributed by atoms with Gasteiger partial charge in [0.15, 0.2) is 0 Å². The molecule has 11 heavy (non-hydrogen) atoms. The third kappa shape index (κ3) is 4.17. The Balaban J connectivity index is 3.59. The maximum Gasteiger partial charge on any atom is 0.0273 e. The fraction of sp³-hybridized carbons (Fsp3) is 0.778. The van der Waals surface area contributed by atoms with E-state index in [0.29, 0.717) is 6.54 Å². The molecule has 0 spiro atoms. The van der Waals surface area contributed by atoms with Gasteiger partial charge in [0.1, 0.15) is 0 Å². The van der Waals surface area contributed by atoms with E-state index in [1.54, 1.807) is 0 Å². The maximum atomic E-state index is 5.61. The molecule has 0 aliphatic heterocycles. The third-order valence-electron chi connectivity index (χ3n) is 2.13. The SMILES string of the molecule is C=CCCNC(C)(CC)CN. The van der Waals surface area contributed by atoms with Gasteiger partial charge in [0.25, 0.3) is 0 Å². The normalized spacial score (nSPS) is 15.9. The van der Waals surface area contributed by atoms with Gasteiger partial charge in [0.2, 0.25) is 0 Å². The number of nitrogens with one attached hydrogen (secondary N) is 1. The van der Waals surface area contributed by atoms with E-state index in [2.05, 4.69) is 25.7 Å². The zero-order chi connectivity index (χ0) is 8.74. The molecule has 0 fully saturated rings. The van der Waals surface area contributed by atoms with Gasteiger partial charge in [-0.2, -0.15) is 0 Å². The summed E-state index contributed by atoms with van der Waals surface area (Å²) in [5.74, 6) is 0. The largest absolute Gasteiger partial charge is 0.329 e. The van der Waals surface area contributed by atoms with Crippen LogP contribution in [0.5, 0.6) is 0 Å². The summed E-state index contributed by atoms with van der Waals surface area (Å²) < 4.78 is 0. The van der Waals surface area contributed by atoms with Gasteiger partial charge in [-0.25, -0.2) is 0 Å². The summed E-state index contributed by atoms with van der Waals surface area (Å²) in [4.78, 5) is 0. The zero-order valence-electron chi connectivity index (χ0n) is 7.69. The van der Waals surface area contributed by atoms with Crippen molar-refractivity contribution in [1.82, 2.24) is 5.32 Å². The number of rotatable bonds is 6. The highest BCUT2D eigenvalue weighted by Crippen LogP contribution is 2.05. The summed E-state index contributed by atoms with van der Waals surface area (Å²) in [6.45, 7) is 9.63. The molecule has 0 saturated heterocycles. The molecular weight excluding hydrogens is 136 g/mol. The van der Waals surface area contributed by atoms with Crippen LogP contribution in [0.1, 0.15) is 26.7 Å². The van der Waals surface area contributed by atoms with Crippen molar-refractivity contribution in [3.05, 3.63) is 12.7 Å². The van der Waals surface area contributed by atoms with E-state index in [1.165, 1.54) is 0 Å². The van der Waals surface area contributed by atoms with Crippen molar-refractivity contribution in [2.24, 2.45) is 5.73 Å². The Morgan fingerprint density at radius 1 is 1.64 bits per heavy atom. The Morgan fingerprint density at radius 2 is 2.27 bits per heavy atom. The van der Waals surface area contributed by atoms with E-state index >= 15 is 0 Å². The second-order valence-electron chi connectivity index (χ2n) is 3.12. The molecule has 0 aromatic rings. The molecule has 0 radical (unpaired) electrons. The van der Waals surface area contributed by atoms with Gasteiger partial charge in [0.05, 0.1) is 0 Å². The molecule has 3 N–H and O–H groups in total. The minimum Gasteiger partial charge on any atom is -0.329 e. The fourth-order valence-electron chi connectivity index (χ4n) is 0.818. The zero-order valence-corrected chi connectivity index (χ0v) is 7.69. The van der Waals surface area contributed by atoms with Gasteiger partial charge in [-0.3, -0.25) is 0 Å². The van der Waals surface area contributed by atoms with E-state index in [9.17, 15) is 0 Å². The predicted molar refractivity (Wildman–Crippen MR) is 50.6 cm³/mol. The molecular formula is C9H20N2. The standard InChI is InChI=1S/C9H20N2/c1-4-6-7-11-9(3,5-2)8-10/h4,11H,1,5-8,10H2,2-3H3. The second-order valence-corrected chi connectivity index (χ2v) is 3.12. The van der Waals surface area contributed by atoms with Gasteiger partial charge in [0, 0.05) is 12.1 Å².